The van der Waals surface area contributed by atoms with Crippen LogP contribution in [-0.4, -0.2) is 44.0 Å². The molecule has 1 aliphatic carbocycles. The van der Waals surface area contributed by atoms with Crippen LogP contribution in [0.3, 0.4) is 0 Å². The van der Waals surface area contributed by atoms with Crippen molar-refractivity contribution >= 4 is 11.7 Å². The second-order valence-electron chi connectivity index (χ2n) is 9.95. The Bertz CT molecular complexity index is 1160. The van der Waals surface area contributed by atoms with Gasteiger partial charge in [-0.05, 0) is 55.7 Å². The highest BCUT2D eigenvalue weighted by molar-refractivity contribution is 5.94. The van der Waals surface area contributed by atoms with E-state index in [1.165, 1.54) is 12.0 Å². The Labute approximate surface area is 188 Å². The molecule has 0 radical (unpaired) electrons. The zero-order chi connectivity index (χ0) is 22.5. The van der Waals surface area contributed by atoms with E-state index in [-0.39, 0.29) is 11.9 Å². The third-order valence-corrected chi connectivity index (χ3v) is 6.83. The number of pyridine rings is 1. The first-order valence-corrected chi connectivity index (χ1v) is 11.4. The molecule has 1 saturated heterocycles. The van der Waals surface area contributed by atoms with Crippen LogP contribution in [0.1, 0.15) is 71.3 Å². The van der Waals surface area contributed by atoms with Gasteiger partial charge in [0, 0.05) is 30.7 Å². The minimum atomic E-state index is -0.114. The molecule has 0 spiro atoms. The molecule has 1 atom stereocenters. The Hall–Kier alpha value is -3.16. The van der Waals surface area contributed by atoms with Gasteiger partial charge in [-0.15, -0.1) is 0 Å². The second-order valence-corrected chi connectivity index (χ2v) is 9.95. The number of aryl methyl sites for hydroxylation is 2. The van der Waals surface area contributed by atoms with Crippen LogP contribution in [-0.2, 0) is 13.0 Å². The van der Waals surface area contributed by atoms with Crippen molar-refractivity contribution in [3.05, 3.63) is 58.3 Å². The van der Waals surface area contributed by atoms with Gasteiger partial charge in [-0.25, -0.2) is 4.98 Å². The van der Waals surface area contributed by atoms with E-state index in [0.717, 1.165) is 54.4 Å². The summed E-state index contributed by atoms with van der Waals surface area (Å²) < 4.78 is 1.80. The van der Waals surface area contributed by atoms with Gasteiger partial charge in [-0.2, -0.15) is 10.2 Å². The lowest BCUT2D eigenvalue weighted by molar-refractivity contribution is 0.0936. The first-order valence-electron chi connectivity index (χ1n) is 11.4. The van der Waals surface area contributed by atoms with Gasteiger partial charge in [0.1, 0.15) is 5.82 Å². The van der Waals surface area contributed by atoms with Crippen LogP contribution >= 0.6 is 0 Å². The van der Waals surface area contributed by atoms with Crippen molar-refractivity contribution in [1.29, 1.82) is 0 Å². The third-order valence-electron chi connectivity index (χ3n) is 6.83. The van der Waals surface area contributed by atoms with Crippen molar-refractivity contribution < 1.29 is 4.79 Å². The van der Waals surface area contributed by atoms with Gasteiger partial charge in [0.25, 0.3) is 5.91 Å². The molecule has 1 aliphatic heterocycles. The molecule has 2 N–H and O–H groups in total. The summed E-state index contributed by atoms with van der Waals surface area (Å²) in [7, 11) is 0. The molecule has 8 nitrogen and oxygen atoms in total. The van der Waals surface area contributed by atoms with E-state index >= 15 is 0 Å². The molecule has 0 bridgehead atoms. The predicted octanol–water partition coefficient (Wildman–Crippen LogP) is 3.32. The molecule has 4 heterocycles. The molecule has 0 saturated carbocycles. The normalized spacial score (nSPS) is 19.4. The van der Waals surface area contributed by atoms with E-state index in [2.05, 4.69) is 51.5 Å². The number of amides is 1. The summed E-state index contributed by atoms with van der Waals surface area (Å²) in [5.41, 5.74) is 6.30. The minimum Gasteiger partial charge on any atom is -0.356 e. The third kappa shape index (κ3) is 3.89. The van der Waals surface area contributed by atoms with Crippen molar-refractivity contribution in [3.8, 4) is 0 Å². The lowest BCUT2D eigenvalue weighted by Crippen LogP contribution is -2.27. The summed E-state index contributed by atoms with van der Waals surface area (Å²) in [5.74, 6) is 0.929. The lowest BCUT2D eigenvalue weighted by atomic mass is 9.93. The zero-order valence-electron chi connectivity index (χ0n) is 19.3. The molecule has 1 amide bonds. The SMILES string of the molecule is Cc1nc(N2CCC(C)(C)C2)ccc1Cn1cc(C(=O)NC2CCc3c2n[nH]c3C)cn1. The number of hydrogen-bond donors (Lipinski definition) is 2. The summed E-state index contributed by atoms with van der Waals surface area (Å²) in [6, 6.07) is 4.19. The molecule has 32 heavy (non-hydrogen) atoms. The van der Waals surface area contributed by atoms with Crippen molar-refractivity contribution in [1.82, 2.24) is 30.3 Å². The number of fused-ring (bicyclic) bond motifs is 1. The molecule has 3 aromatic rings. The van der Waals surface area contributed by atoms with Gasteiger partial charge in [0.15, 0.2) is 0 Å². The maximum absolute atomic E-state index is 12.8. The fraction of sp³-hybridized carbons (Fsp3) is 0.500. The number of aromatic nitrogens is 5. The van der Waals surface area contributed by atoms with Crippen molar-refractivity contribution in [2.45, 2.75) is 59.5 Å². The van der Waals surface area contributed by atoms with E-state index in [1.807, 2.05) is 13.8 Å². The first kappa shape index (κ1) is 20.7. The van der Waals surface area contributed by atoms with E-state index < -0.39 is 0 Å². The van der Waals surface area contributed by atoms with E-state index in [1.54, 1.807) is 17.1 Å². The molecule has 2 aliphatic rings. The number of nitrogens with zero attached hydrogens (tertiary/aromatic N) is 5. The summed E-state index contributed by atoms with van der Waals surface area (Å²) in [6.07, 6.45) is 6.45. The van der Waals surface area contributed by atoms with Crippen LogP contribution < -0.4 is 10.2 Å². The number of nitrogens with one attached hydrogen (secondary N) is 2. The molecule has 1 unspecified atom stereocenters. The van der Waals surface area contributed by atoms with Gasteiger partial charge >= 0.3 is 0 Å². The van der Waals surface area contributed by atoms with Crippen molar-refractivity contribution in [2.75, 3.05) is 18.0 Å². The average molecular weight is 434 g/mol. The van der Waals surface area contributed by atoms with Gasteiger partial charge in [0.05, 0.1) is 30.0 Å². The Kier molecular flexibility index (Phi) is 5.03. The van der Waals surface area contributed by atoms with Crippen LogP contribution in [0.2, 0.25) is 0 Å². The fourth-order valence-corrected chi connectivity index (χ4v) is 4.85. The van der Waals surface area contributed by atoms with Gasteiger partial charge in [-0.3, -0.25) is 14.6 Å². The summed E-state index contributed by atoms with van der Waals surface area (Å²) in [4.78, 5) is 20.0. The molecule has 8 heteroatoms. The number of carbonyl (C=O) groups is 1. The van der Waals surface area contributed by atoms with Crippen molar-refractivity contribution in [3.63, 3.8) is 0 Å². The van der Waals surface area contributed by atoms with Gasteiger partial charge < -0.3 is 10.2 Å². The number of carbonyl (C=O) groups excluding carboxylic acids is 1. The van der Waals surface area contributed by atoms with Crippen LogP contribution in [0, 0.1) is 19.3 Å². The standard InChI is InChI=1S/C24H31N7O/c1-15-17(5-8-21(26-15)30-10-9-24(3,4)14-30)12-31-13-18(11-25-31)23(32)27-20-7-6-19-16(2)28-29-22(19)20/h5,8,11,13,20H,6-7,9-10,12,14H2,1-4H3,(H,27,32)(H,28,29). The number of H-pyrrole nitrogens is 1. The zero-order valence-corrected chi connectivity index (χ0v) is 19.3. The Balaban J connectivity index is 1.24. The largest absolute Gasteiger partial charge is 0.356 e. The molecule has 3 aromatic heterocycles. The quantitative estimate of drug-likeness (QED) is 0.644. The molecule has 1 fully saturated rings. The fourth-order valence-electron chi connectivity index (χ4n) is 4.85. The summed E-state index contributed by atoms with van der Waals surface area (Å²) in [5, 5.41) is 14.9. The van der Waals surface area contributed by atoms with E-state index in [9.17, 15) is 4.79 Å². The van der Waals surface area contributed by atoms with Crippen LogP contribution in [0.15, 0.2) is 24.5 Å². The van der Waals surface area contributed by atoms with Crippen LogP contribution in [0.4, 0.5) is 5.82 Å². The number of rotatable bonds is 5. The van der Waals surface area contributed by atoms with Crippen molar-refractivity contribution in [2.24, 2.45) is 5.41 Å². The smallest absolute Gasteiger partial charge is 0.255 e. The summed E-state index contributed by atoms with van der Waals surface area (Å²) in [6.45, 7) is 11.4. The van der Waals surface area contributed by atoms with E-state index in [4.69, 9.17) is 4.98 Å². The highest BCUT2D eigenvalue weighted by atomic mass is 16.1. The topological polar surface area (TPSA) is 91.7 Å². The maximum Gasteiger partial charge on any atom is 0.255 e. The number of hydrogen-bond acceptors (Lipinski definition) is 5. The minimum absolute atomic E-state index is 0.0413. The number of aromatic amines is 1. The molecular weight excluding hydrogens is 402 g/mol. The Morgan fingerprint density at radius 2 is 2.16 bits per heavy atom. The summed E-state index contributed by atoms with van der Waals surface area (Å²) >= 11 is 0. The lowest BCUT2D eigenvalue weighted by Gasteiger charge is -2.21. The Morgan fingerprint density at radius 3 is 2.91 bits per heavy atom. The maximum atomic E-state index is 12.8. The predicted molar refractivity (Wildman–Crippen MR) is 123 cm³/mol. The Morgan fingerprint density at radius 1 is 1.31 bits per heavy atom. The molecule has 5 rings (SSSR count). The highest BCUT2D eigenvalue weighted by Crippen LogP contribution is 2.32. The molecular formula is C24H31N7O. The number of anilines is 1. The second kappa shape index (κ2) is 7.76. The van der Waals surface area contributed by atoms with Crippen LogP contribution in [0.25, 0.3) is 0 Å². The van der Waals surface area contributed by atoms with Gasteiger partial charge in [0.2, 0.25) is 0 Å². The monoisotopic (exact) mass is 433 g/mol. The first-order chi connectivity index (χ1) is 15.3. The van der Waals surface area contributed by atoms with Crippen LogP contribution in [0.5, 0.6) is 0 Å². The molecule has 168 valence electrons. The highest BCUT2D eigenvalue weighted by Gasteiger charge is 2.30. The average Bonchev–Trinajstić information content (AvgIpc) is 3.51. The molecule has 0 aromatic carbocycles. The van der Waals surface area contributed by atoms with E-state index in [0.29, 0.717) is 17.5 Å². The van der Waals surface area contributed by atoms with Gasteiger partial charge in [-0.1, -0.05) is 19.9 Å².